The molecule has 0 aliphatic heterocycles. The molecule has 3 aromatic rings. The Bertz CT molecular complexity index is 1120. The molecule has 2 amide bonds. The fourth-order valence-corrected chi connectivity index (χ4v) is 3.34. The molecule has 0 aliphatic rings. The van der Waals surface area contributed by atoms with E-state index < -0.39 is 0 Å². The molecule has 0 saturated heterocycles. The van der Waals surface area contributed by atoms with E-state index in [2.05, 4.69) is 10.6 Å². The van der Waals surface area contributed by atoms with E-state index in [1.165, 1.54) is 0 Å². The minimum atomic E-state index is -0.260. The largest absolute Gasteiger partial charge is 0.490 e. The van der Waals surface area contributed by atoms with E-state index in [-0.39, 0.29) is 24.9 Å². The van der Waals surface area contributed by atoms with Gasteiger partial charge in [-0.15, -0.1) is 0 Å². The highest BCUT2D eigenvalue weighted by Crippen LogP contribution is 2.31. The molecule has 0 aliphatic carbocycles. The molecular formula is C27H31N3O5. The van der Waals surface area contributed by atoms with Crippen molar-refractivity contribution in [2.75, 3.05) is 44.0 Å². The molecule has 3 aromatic carbocycles. The van der Waals surface area contributed by atoms with E-state index in [4.69, 9.17) is 14.2 Å². The van der Waals surface area contributed by atoms with E-state index in [0.717, 1.165) is 0 Å². The van der Waals surface area contributed by atoms with Gasteiger partial charge < -0.3 is 24.8 Å². The molecule has 0 aromatic heterocycles. The smallest absolute Gasteiger partial charge is 0.238 e. The Kier molecular flexibility index (Phi) is 9.50. The number of hydrogen-bond acceptors (Lipinski definition) is 6. The molecule has 8 heteroatoms. The van der Waals surface area contributed by atoms with Crippen LogP contribution in [0.5, 0.6) is 23.0 Å². The molecule has 0 saturated carbocycles. The first-order chi connectivity index (χ1) is 17.0. The van der Waals surface area contributed by atoms with Crippen LogP contribution in [0.4, 0.5) is 11.4 Å². The number of hydrogen-bond donors (Lipinski definition) is 2. The molecule has 8 nitrogen and oxygen atoms in total. The molecule has 0 radical (unpaired) electrons. The molecule has 184 valence electrons. The lowest BCUT2D eigenvalue weighted by molar-refractivity contribution is -0.119. The van der Waals surface area contributed by atoms with Crippen molar-refractivity contribution in [3.8, 4) is 23.0 Å². The summed E-state index contributed by atoms with van der Waals surface area (Å²) in [6.07, 6.45) is 0. The van der Waals surface area contributed by atoms with Gasteiger partial charge in [-0.2, -0.15) is 0 Å². The van der Waals surface area contributed by atoms with Gasteiger partial charge in [0, 0.05) is 11.8 Å². The van der Waals surface area contributed by atoms with Crippen LogP contribution in [0.1, 0.15) is 13.8 Å². The third kappa shape index (κ3) is 8.04. The molecule has 0 spiro atoms. The first-order valence-corrected chi connectivity index (χ1v) is 11.5. The second-order valence-electron chi connectivity index (χ2n) is 7.71. The number of likely N-dealkylation sites (N-methyl/N-ethyl adjacent to an activating group) is 1. The first kappa shape index (κ1) is 25.6. The number of nitrogens with zero attached hydrogens (tertiary/aromatic N) is 1. The van der Waals surface area contributed by atoms with Crippen molar-refractivity contribution in [3.05, 3.63) is 72.8 Å². The molecular weight excluding hydrogens is 446 g/mol. The van der Waals surface area contributed by atoms with Crippen LogP contribution in [0.25, 0.3) is 0 Å². The van der Waals surface area contributed by atoms with Crippen molar-refractivity contribution < 1.29 is 23.8 Å². The van der Waals surface area contributed by atoms with Crippen LogP contribution in [0.3, 0.4) is 0 Å². The minimum absolute atomic E-state index is 0.0283. The van der Waals surface area contributed by atoms with Crippen molar-refractivity contribution in [1.29, 1.82) is 0 Å². The van der Waals surface area contributed by atoms with Gasteiger partial charge in [-0.3, -0.25) is 14.5 Å². The molecule has 35 heavy (non-hydrogen) atoms. The predicted molar refractivity (Wildman–Crippen MR) is 136 cm³/mol. The monoisotopic (exact) mass is 477 g/mol. The fraction of sp³-hybridized carbons (Fsp3) is 0.259. The number of benzene rings is 3. The summed E-state index contributed by atoms with van der Waals surface area (Å²) in [6.45, 7) is 4.84. The highest BCUT2D eigenvalue weighted by atomic mass is 16.5. The summed E-state index contributed by atoms with van der Waals surface area (Å²) in [6, 6.07) is 21.8. The zero-order valence-corrected chi connectivity index (χ0v) is 20.2. The molecule has 2 N–H and O–H groups in total. The van der Waals surface area contributed by atoms with Gasteiger partial charge in [-0.25, -0.2) is 0 Å². The molecule has 0 heterocycles. The minimum Gasteiger partial charge on any atom is -0.490 e. The summed E-state index contributed by atoms with van der Waals surface area (Å²) in [5.41, 5.74) is 1.14. The standard InChI is InChI=1S/C27H31N3O5/c1-4-33-24-16-15-20(17-25(24)34-5-2)28-26(31)18-30(3)19-27(32)29-22-13-9-10-14-23(22)35-21-11-7-6-8-12-21/h6-17H,4-5,18-19H2,1-3H3,(H,28,31)(H,29,32). The SMILES string of the molecule is CCOc1ccc(NC(=O)CN(C)CC(=O)Nc2ccccc2Oc2ccccc2)cc1OCC. The number of ether oxygens (including phenoxy) is 3. The van der Waals surface area contributed by atoms with Crippen LogP contribution < -0.4 is 24.8 Å². The van der Waals surface area contributed by atoms with Crippen molar-refractivity contribution in [2.24, 2.45) is 0 Å². The second kappa shape index (κ2) is 13.0. The van der Waals surface area contributed by atoms with Gasteiger partial charge in [-0.05, 0) is 57.3 Å². The van der Waals surface area contributed by atoms with Crippen LogP contribution >= 0.6 is 0 Å². The van der Waals surface area contributed by atoms with Gasteiger partial charge in [0.2, 0.25) is 11.8 Å². The van der Waals surface area contributed by atoms with E-state index >= 15 is 0 Å². The Labute approximate surface area is 205 Å². The molecule has 3 rings (SSSR count). The Morgan fingerprint density at radius 2 is 1.37 bits per heavy atom. The number of carbonyl (C=O) groups is 2. The number of anilines is 2. The van der Waals surface area contributed by atoms with Gasteiger partial charge in [0.05, 0.1) is 32.0 Å². The summed E-state index contributed by atoms with van der Waals surface area (Å²) in [7, 11) is 1.70. The maximum atomic E-state index is 12.6. The van der Waals surface area contributed by atoms with Crippen molar-refractivity contribution in [1.82, 2.24) is 4.90 Å². The number of para-hydroxylation sites is 3. The number of carbonyl (C=O) groups excluding carboxylic acids is 2. The highest BCUT2D eigenvalue weighted by Gasteiger charge is 2.14. The van der Waals surface area contributed by atoms with Crippen molar-refractivity contribution >= 4 is 23.2 Å². The maximum Gasteiger partial charge on any atom is 0.238 e. The summed E-state index contributed by atoms with van der Waals surface area (Å²) in [5.74, 6) is 1.88. The lowest BCUT2D eigenvalue weighted by Gasteiger charge is -2.18. The average molecular weight is 478 g/mol. The maximum absolute atomic E-state index is 12.6. The van der Waals surface area contributed by atoms with Crippen LogP contribution in [-0.4, -0.2) is 50.1 Å². The van der Waals surface area contributed by atoms with E-state index in [0.29, 0.717) is 47.6 Å². The Balaban J connectivity index is 1.53. The summed E-state index contributed by atoms with van der Waals surface area (Å²) in [4.78, 5) is 26.8. The van der Waals surface area contributed by atoms with Gasteiger partial charge in [0.1, 0.15) is 5.75 Å². The van der Waals surface area contributed by atoms with E-state index in [9.17, 15) is 9.59 Å². The quantitative estimate of drug-likeness (QED) is 0.390. The third-order valence-electron chi connectivity index (χ3n) is 4.79. The third-order valence-corrected chi connectivity index (χ3v) is 4.79. The van der Waals surface area contributed by atoms with Gasteiger partial charge in [0.25, 0.3) is 0 Å². The number of rotatable bonds is 12. The van der Waals surface area contributed by atoms with E-state index in [1.807, 2.05) is 56.3 Å². The average Bonchev–Trinajstić information content (AvgIpc) is 2.82. The molecule has 0 unspecified atom stereocenters. The highest BCUT2D eigenvalue weighted by molar-refractivity contribution is 5.95. The van der Waals surface area contributed by atoms with Crippen LogP contribution in [-0.2, 0) is 9.59 Å². The lowest BCUT2D eigenvalue weighted by atomic mass is 10.2. The van der Waals surface area contributed by atoms with Gasteiger partial charge in [-0.1, -0.05) is 30.3 Å². The zero-order chi connectivity index (χ0) is 25.0. The van der Waals surface area contributed by atoms with Crippen LogP contribution in [0, 0.1) is 0 Å². The number of amides is 2. The van der Waals surface area contributed by atoms with Gasteiger partial charge in [0.15, 0.2) is 17.2 Å². The van der Waals surface area contributed by atoms with Crippen molar-refractivity contribution in [2.45, 2.75) is 13.8 Å². The first-order valence-electron chi connectivity index (χ1n) is 11.5. The molecule has 0 atom stereocenters. The lowest BCUT2D eigenvalue weighted by Crippen LogP contribution is -2.36. The van der Waals surface area contributed by atoms with E-state index in [1.54, 1.807) is 42.3 Å². The Hall–Kier alpha value is -4.04. The normalized spacial score (nSPS) is 10.5. The number of nitrogens with one attached hydrogen (secondary N) is 2. The molecule has 0 fully saturated rings. The van der Waals surface area contributed by atoms with Crippen molar-refractivity contribution in [3.63, 3.8) is 0 Å². The predicted octanol–water partition coefficient (Wildman–Crippen LogP) is 4.79. The Morgan fingerprint density at radius 1 is 0.743 bits per heavy atom. The second-order valence-corrected chi connectivity index (χ2v) is 7.71. The topological polar surface area (TPSA) is 89.1 Å². The van der Waals surface area contributed by atoms with Crippen LogP contribution in [0.2, 0.25) is 0 Å². The summed E-state index contributed by atoms with van der Waals surface area (Å²) < 4.78 is 17.0. The summed E-state index contributed by atoms with van der Waals surface area (Å²) >= 11 is 0. The Morgan fingerprint density at radius 3 is 2.09 bits per heavy atom. The zero-order valence-electron chi connectivity index (χ0n) is 20.2. The fourth-order valence-electron chi connectivity index (χ4n) is 3.34. The summed E-state index contributed by atoms with van der Waals surface area (Å²) in [5, 5.41) is 5.69. The molecule has 0 bridgehead atoms. The van der Waals surface area contributed by atoms with Crippen LogP contribution in [0.15, 0.2) is 72.8 Å². The van der Waals surface area contributed by atoms with Gasteiger partial charge >= 0.3 is 0 Å².